The van der Waals surface area contributed by atoms with Crippen LogP contribution in [0.4, 0.5) is 10.2 Å². The zero-order valence-electron chi connectivity index (χ0n) is 17.5. The number of nitrogens with zero attached hydrogens (tertiary/aromatic N) is 4. The van der Waals surface area contributed by atoms with Gasteiger partial charge in [0.15, 0.2) is 5.01 Å². The molecule has 4 heterocycles. The third-order valence-electron chi connectivity index (χ3n) is 6.20. The quantitative estimate of drug-likeness (QED) is 0.505. The van der Waals surface area contributed by atoms with Gasteiger partial charge in [-0.05, 0) is 50.1 Å². The lowest BCUT2D eigenvalue weighted by Gasteiger charge is -2.41. The fraction of sp³-hybridized carbons (Fsp3) is 0.409. The molecule has 0 aromatic carbocycles. The Morgan fingerprint density at radius 1 is 1.25 bits per heavy atom. The summed E-state index contributed by atoms with van der Waals surface area (Å²) in [6.07, 6.45) is 5.40. The predicted molar refractivity (Wildman–Crippen MR) is 120 cm³/mol. The number of hydrogen-bond acceptors (Lipinski definition) is 8. The van der Waals surface area contributed by atoms with Crippen molar-refractivity contribution in [1.29, 1.82) is 0 Å². The lowest BCUT2D eigenvalue weighted by atomic mass is 9.66. The predicted octanol–water partition coefficient (Wildman–Crippen LogP) is 2.76. The molecule has 1 saturated heterocycles. The maximum absolute atomic E-state index is 14.3. The number of carbonyl (C=O) groups is 1. The Hall–Kier alpha value is -2.98. The van der Waals surface area contributed by atoms with Crippen LogP contribution in [0.1, 0.15) is 41.2 Å². The third kappa shape index (κ3) is 4.20. The zero-order valence-corrected chi connectivity index (χ0v) is 18.3. The molecule has 5 rings (SSSR count). The van der Waals surface area contributed by atoms with Crippen molar-refractivity contribution < 1.29 is 9.18 Å². The van der Waals surface area contributed by atoms with Crippen LogP contribution in [0.5, 0.6) is 0 Å². The molecular weight excluding hydrogens is 429 g/mol. The minimum Gasteiger partial charge on any atom is -0.368 e. The normalized spacial score (nSPS) is 19.3. The van der Waals surface area contributed by atoms with Crippen LogP contribution in [0.3, 0.4) is 0 Å². The van der Waals surface area contributed by atoms with Crippen LogP contribution in [0.25, 0.3) is 11.4 Å². The number of amides is 1. The minimum absolute atomic E-state index is 0.151. The highest BCUT2D eigenvalue weighted by atomic mass is 32.1. The van der Waals surface area contributed by atoms with Gasteiger partial charge in [0.25, 0.3) is 5.91 Å². The smallest absolute Gasteiger partial charge is 0.280 e. The van der Waals surface area contributed by atoms with Gasteiger partial charge in [0.05, 0.1) is 5.69 Å². The summed E-state index contributed by atoms with van der Waals surface area (Å²) in [4.78, 5) is 21.1. The summed E-state index contributed by atoms with van der Waals surface area (Å²) in [6, 6.07) is 6.87. The summed E-state index contributed by atoms with van der Waals surface area (Å²) in [6.45, 7) is 2.26. The zero-order chi connectivity index (χ0) is 22.0. The van der Waals surface area contributed by atoms with E-state index in [0.717, 1.165) is 38.8 Å². The topological polar surface area (TPSA) is 105 Å². The van der Waals surface area contributed by atoms with Gasteiger partial charge in [0.2, 0.25) is 0 Å². The van der Waals surface area contributed by atoms with E-state index in [4.69, 9.17) is 0 Å². The molecule has 1 amide bonds. The highest BCUT2D eigenvalue weighted by Crippen LogP contribution is 2.43. The number of nitrogens with one attached hydrogen (secondary N) is 3. The van der Waals surface area contributed by atoms with Gasteiger partial charge in [0.1, 0.15) is 23.0 Å². The molecule has 1 saturated carbocycles. The van der Waals surface area contributed by atoms with Gasteiger partial charge in [-0.25, -0.2) is 9.37 Å². The van der Waals surface area contributed by atoms with Gasteiger partial charge in [-0.15, -0.1) is 21.5 Å². The highest BCUT2D eigenvalue weighted by molar-refractivity contribution is 7.12. The summed E-state index contributed by atoms with van der Waals surface area (Å²) < 4.78 is 14.3. The van der Waals surface area contributed by atoms with E-state index in [0.29, 0.717) is 34.5 Å². The minimum atomic E-state index is -0.308. The molecule has 166 valence electrons. The second-order valence-corrected chi connectivity index (χ2v) is 9.18. The third-order valence-corrected chi connectivity index (χ3v) is 7.04. The number of pyridine rings is 1. The lowest BCUT2D eigenvalue weighted by molar-refractivity contribution is 0.0939. The SMILES string of the molecule is O=C(N[C@H]1CCNC1)c1nc(-c2ccc(NCC3(c4ncccc4F)CCC3)nn2)cs1. The van der Waals surface area contributed by atoms with Crippen molar-refractivity contribution in [3.8, 4) is 11.4 Å². The van der Waals surface area contributed by atoms with E-state index in [1.54, 1.807) is 12.3 Å². The van der Waals surface area contributed by atoms with Crippen molar-refractivity contribution in [2.75, 3.05) is 25.0 Å². The van der Waals surface area contributed by atoms with E-state index in [2.05, 4.69) is 36.1 Å². The number of aromatic nitrogens is 4. The Kier molecular flexibility index (Phi) is 5.79. The second kappa shape index (κ2) is 8.87. The standard InChI is InChI=1S/C22H24FN7OS/c23-15-3-1-9-25-19(15)22(7-2-8-22)13-26-18-5-4-16(29-30-18)17-12-32-21(28-17)20(31)27-14-6-10-24-11-14/h1,3-5,9,12,14,24H,2,6-8,10-11,13H2,(H,26,30)(H,27,31)/t14-/m0/s1. The summed E-state index contributed by atoms with van der Waals surface area (Å²) in [7, 11) is 0. The number of carbonyl (C=O) groups excluding carboxylic acids is 1. The first-order valence-corrected chi connectivity index (χ1v) is 11.7. The first-order valence-electron chi connectivity index (χ1n) is 10.8. The summed E-state index contributed by atoms with van der Waals surface area (Å²) in [5.41, 5.74) is 1.43. The van der Waals surface area contributed by atoms with Gasteiger partial charge in [0, 0.05) is 36.1 Å². The average molecular weight is 454 g/mol. The number of rotatable bonds is 7. The molecule has 1 aliphatic carbocycles. The Morgan fingerprint density at radius 3 is 2.84 bits per heavy atom. The molecule has 10 heteroatoms. The molecule has 8 nitrogen and oxygen atoms in total. The first kappa shape index (κ1) is 20.9. The van der Waals surface area contributed by atoms with E-state index < -0.39 is 0 Å². The molecule has 2 fully saturated rings. The lowest BCUT2D eigenvalue weighted by Crippen LogP contribution is -2.42. The molecule has 3 aromatic heterocycles. The van der Waals surface area contributed by atoms with Gasteiger partial charge < -0.3 is 16.0 Å². The van der Waals surface area contributed by atoms with Crippen molar-refractivity contribution >= 4 is 23.1 Å². The highest BCUT2D eigenvalue weighted by Gasteiger charge is 2.41. The summed E-state index contributed by atoms with van der Waals surface area (Å²) >= 11 is 1.29. The van der Waals surface area contributed by atoms with Crippen molar-refractivity contribution in [1.82, 2.24) is 30.8 Å². The second-order valence-electron chi connectivity index (χ2n) is 8.33. The molecule has 2 aliphatic rings. The Labute approximate surface area is 189 Å². The molecular formula is C22H24FN7OS. The molecule has 0 bridgehead atoms. The number of anilines is 1. The van der Waals surface area contributed by atoms with Gasteiger partial charge in [-0.1, -0.05) is 6.42 Å². The molecule has 32 heavy (non-hydrogen) atoms. The number of hydrogen-bond donors (Lipinski definition) is 3. The van der Waals surface area contributed by atoms with E-state index >= 15 is 0 Å². The van der Waals surface area contributed by atoms with Crippen LogP contribution in [-0.2, 0) is 5.41 Å². The Bertz CT molecular complexity index is 1090. The average Bonchev–Trinajstić information content (AvgIpc) is 3.47. The molecule has 1 atom stereocenters. The first-order chi connectivity index (χ1) is 15.6. The molecule has 3 aromatic rings. The van der Waals surface area contributed by atoms with E-state index in [9.17, 15) is 9.18 Å². The van der Waals surface area contributed by atoms with Crippen LogP contribution in [-0.4, -0.2) is 51.7 Å². The van der Waals surface area contributed by atoms with Crippen LogP contribution >= 0.6 is 11.3 Å². The fourth-order valence-electron chi connectivity index (χ4n) is 4.22. The van der Waals surface area contributed by atoms with E-state index in [1.807, 2.05) is 17.5 Å². The summed E-state index contributed by atoms with van der Waals surface area (Å²) in [5, 5.41) is 20.2. The van der Waals surface area contributed by atoms with Gasteiger partial charge in [-0.2, -0.15) is 0 Å². The fourth-order valence-corrected chi connectivity index (χ4v) is 4.93. The molecule has 0 spiro atoms. The molecule has 3 N–H and O–H groups in total. The monoisotopic (exact) mass is 453 g/mol. The molecule has 0 radical (unpaired) electrons. The number of thiazole rings is 1. The van der Waals surface area contributed by atoms with Crippen molar-refractivity contribution in [3.05, 3.63) is 52.4 Å². The van der Waals surface area contributed by atoms with Gasteiger partial charge in [-0.3, -0.25) is 9.78 Å². The van der Waals surface area contributed by atoms with E-state index in [1.165, 1.54) is 17.4 Å². The van der Waals surface area contributed by atoms with Crippen LogP contribution in [0.2, 0.25) is 0 Å². The Balaban J connectivity index is 1.22. The molecule has 0 unspecified atom stereocenters. The van der Waals surface area contributed by atoms with Crippen molar-refractivity contribution in [3.63, 3.8) is 0 Å². The van der Waals surface area contributed by atoms with Crippen LogP contribution < -0.4 is 16.0 Å². The maximum atomic E-state index is 14.3. The van der Waals surface area contributed by atoms with Gasteiger partial charge >= 0.3 is 0 Å². The largest absolute Gasteiger partial charge is 0.368 e. The van der Waals surface area contributed by atoms with Crippen LogP contribution in [0, 0.1) is 5.82 Å². The van der Waals surface area contributed by atoms with Crippen LogP contribution in [0.15, 0.2) is 35.8 Å². The maximum Gasteiger partial charge on any atom is 0.280 e. The van der Waals surface area contributed by atoms with Crippen molar-refractivity contribution in [2.24, 2.45) is 0 Å². The van der Waals surface area contributed by atoms with E-state index in [-0.39, 0.29) is 23.2 Å². The summed E-state index contributed by atoms with van der Waals surface area (Å²) in [5.74, 6) is 0.190. The number of halogens is 1. The Morgan fingerprint density at radius 2 is 2.16 bits per heavy atom. The molecule has 1 aliphatic heterocycles. The van der Waals surface area contributed by atoms with Crippen molar-refractivity contribution in [2.45, 2.75) is 37.1 Å².